The Morgan fingerprint density at radius 2 is 1.79 bits per heavy atom. The molecule has 0 aliphatic rings. The second-order valence-corrected chi connectivity index (χ2v) is 10.6. The molecule has 4 rings (SSSR count). The zero-order chi connectivity index (χ0) is 28.1. The molecule has 0 amide bonds. The van der Waals surface area contributed by atoms with E-state index in [9.17, 15) is 9.59 Å². The number of aromatic carboxylic acids is 1. The van der Waals surface area contributed by atoms with Crippen LogP contribution in [0.15, 0.2) is 73.4 Å². The van der Waals surface area contributed by atoms with E-state index in [4.69, 9.17) is 19.6 Å². The first-order valence-electron chi connectivity index (χ1n) is 12.4. The molecule has 0 radical (unpaired) electrons. The van der Waals surface area contributed by atoms with Gasteiger partial charge in [0, 0.05) is 20.4 Å². The quantitative estimate of drug-likeness (QED) is 0.185. The fourth-order valence-corrected chi connectivity index (χ4v) is 4.62. The summed E-state index contributed by atoms with van der Waals surface area (Å²) in [5.74, 6) is 0.652. The van der Waals surface area contributed by atoms with Crippen molar-refractivity contribution in [1.82, 2.24) is 9.66 Å². The fourth-order valence-electron chi connectivity index (χ4n) is 3.83. The van der Waals surface area contributed by atoms with E-state index < -0.39 is 5.97 Å². The van der Waals surface area contributed by atoms with Crippen molar-refractivity contribution in [2.24, 2.45) is 5.10 Å². The Hall–Kier alpha value is -3.50. The summed E-state index contributed by atoms with van der Waals surface area (Å²) in [6.07, 6.45) is 2.40. The largest absolute Gasteiger partial charge is 0.490 e. The zero-order valence-electron chi connectivity index (χ0n) is 21.6. The number of carbonyl (C=O) groups is 1. The summed E-state index contributed by atoms with van der Waals surface area (Å²) in [4.78, 5) is 29.3. The molecule has 1 atom stereocenters. The molecule has 0 saturated carbocycles. The number of nitrogens with zero attached hydrogens (tertiary/aromatic N) is 3. The van der Waals surface area contributed by atoms with Gasteiger partial charge in [0.25, 0.3) is 5.56 Å². The molecule has 0 aliphatic carbocycles. The highest BCUT2D eigenvalue weighted by atomic mass is 79.9. The maximum absolute atomic E-state index is 13.4. The predicted octanol–water partition coefficient (Wildman–Crippen LogP) is 6.99. The van der Waals surface area contributed by atoms with Gasteiger partial charge in [-0.05, 0) is 77.3 Å². The van der Waals surface area contributed by atoms with Gasteiger partial charge in [0.2, 0.25) is 0 Å². The number of fused-ring (bicyclic) bond motifs is 1. The minimum absolute atomic E-state index is 0.0191. The lowest BCUT2D eigenvalue weighted by Crippen LogP contribution is -2.23. The smallest absolute Gasteiger partial charge is 0.335 e. The standard InChI is InChI=1S/C29H27Br2N3O5/c1-4-17(3)27-33-24-11-10-21(30)13-22(24)28(35)34(27)32-15-20-12-25(38-5-2)26(14-23(20)31)39-16-18-6-8-19(9-7-18)29(36)37/h6-15,17H,4-5,16H2,1-3H3,(H,36,37)/t17-/m1/s1. The maximum Gasteiger partial charge on any atom is 0.335 e. The van der Waals surface area contributed by atoms with Gasteiger partial charge >= 0.3 is 5.97 Å². The predicted molar refractivity (Wildman–Crippen MR) is 158 cm³/mol. The number of ether oxygens (including phenoxy) is 2. The lowest BCUT2D eigenvalue weighted by Gasteiger charge is -2.15. The second-order valence-electron chi connectivity index (χ2n) is 8.85. The number of halogens is 2. The summed E-state index contributed by atoms with van der Waals surface area (Å²) in [5.41, 5.74) is 2.10. The molecule has 1 aromatic heterocycles. The molecule has 8 nitrogen and oxygen atoms in total. The highest BCUT2D eigenvalue weighted by Gasteiger charge is 2.16. The molecule has 202 valence electrons. The van der Waals surface area contributed by atoms with Gasteiger partial charge in [0.1, 0.15) is 12.4 Å². The fraction of sp³-hybridized carbons (Fsp3) is 0.241. The van der Waals surface area contributed by atoms with E-state index in [0.29, 0.717) is 44.9 Å². The molecule has 0 unspecified atom stereocenters. The Balaban J connectivity index is 1.68. The lowest BCUT2D eigenvalue weighted by molar-refractivity contribution is 0.0697. The highest BCUT2D eigenvalue weighted by Crippen LogP contribution is 2.34. The van der Waals surface area contributed by atoms with Crippen LogP contribution in [-0.2, 0) is 6.61 Å². The average molecular weight is 657 g/mol. The number of rotatable bonds is 10. The van der Waals surface area contributed by atoms with E-state index in [1.54, 1.807) is 36.5 Å². The molecular weight excluding hydrogens is 630 g/mol. The number of hydrogen-bond acceptors (Lipinski definition) is 6. The van der Waals surface area contributed by atoms with E-state index in [-0.39, 0.29) is 23.6 Å². The summed E-state index contributed by atoms with van der Waals surface area (Å²) < 4.78 is 14.7. The van der Waals surface area contributed by atoms with E-state index in [0.717, 1.165) is 16.5 Å². The summed E-state index contributed by atoms with van der Waals surface area (Å²) in [7, 11) is 0. The molecule has 3 aromatic carbocycles. The van der Waals surface area contributed by atoms with Gasteiger partial charge in [0.15, 0.2) is 11.5 Å². The summed E-state index contributed by atoms with van der Waals surface area (Å²) in [6.45, 7) is 6.58. The second kappa shape index (κ2) is 12.6. The molecule has 0 bridgehead atoms. The molecule has 0 aliphatic heterocycles. The molecule has 1 N–H and O–H groups in total. The molecule has 0 saturated heterocycles. The molecule has 0 fully saturated rings. The Kier molecular flexibility index (Phi) is 9.19. The van der Waals surface area contributed by atoms with Crippen LogP contribution in [0.3, 0.4) is 0 Å². The van der Waals surface area contributed by atoms with Crippen molar-refractivity contribution >= 4 is 54.9 Å². The number of carboxylic acid groups (broad SMARTS) is 1. The topological polar surface area (TPSA) is 103 Å². The van der Waals surface area contributed by atoms with E-state index in [1.165, 1.54) is 16.8 Å². The first-order valence-corrected chi connectivity index (χ1v) is 14.0. The van der Waals surface area contributed by atoms with E-state index in [1.807, 2.05) is 32.9 Å². The van der Waals surface area contributed by atoms with Gasteiger partial charge in [-0.2, -0.15) is 9.78 Å². The van der Waals surface area contributed by atoms with Crippen LogP contribution >= 0.6 is 31.9 Å². The first-order chi connectivity index (χ1) is 18.7. The molecular formula is C29H27Br2N3O5. The Morgan fingerprint density at radius 1 is 1.08 bits per heavy atom. The summed E-state index contributed by atoms with van der Waals surface area (Å²) in [6, 6.07) is 15.5. The Labute approximate surface area is 242 Å². The van der Waals surface area contributed by atoms with E-state index >= 15 is 0 Å². The third-order valence-corrected chi connectivity index (χ3v) is 7.34. The number of hydrogen-bond donors (Lipinski definition) is 1. The number of carboxylic acids is 1. The van der Waals surface area contributed by atoms with Crippen LogP contribution in [0.25, 0.3) is 10.9 Å². The van der Waals surface area contributed by atoms with Gasteiger partial charge in [-0.15, -0.1) is 0 Å². The molecule has 10 heteroatoms. The molecule has 39 heavy (non-hydrogen) atoms. The van der Waals surface area contributed by atoms with Crippen molar-refractivity contribution in [3.8, 4) is 11.5 Å². The SMILES string of the molecule is CCOc1cc(C=Nn2c([C@H](C)CC)nc3ccc(Br)cc3c2=O)c(Br)cc1OCc1ccc(C(=O)O)cc1. The van der Waals surface area contributed by atoms with E-state index in [2.05, 4.69) is 37.0 Å². The number of aromatic nitrogens is 2. The van der Waals surface area contributed by atoms with Crippen molar-refractivity contribution in [2.75, 3.05) is 6.61 Å². The van der Waals surface area contributed by atoms with Gasteiger partial charge in [0.05, 0.1) is 29.3 Å². The Bertz CT molecular complexity index is 1600. The molecule has 1 heterocycles. The highest BCUT2D eigenvalue weighted by molar-refractivity contribution is 9.10. The third kappa shape index (κ3) is 6.57. The van der Waals surface area contributed by atoms with Crippen molar-refractivity contribution in [3.05, 3.63) is 96.4 Å². The third-order valence-electron chi connectivity index (χ3n) is 6.16. The van der Waals surface area contributed by atoms with Crippen LogP contribution in [-0.4, -0.2) is 33.6 Å². The monoisotopic (exact) mass is 655 g/mol. The summed E-state index contributed by atoms with van der Waals surface area (Å²) in [5, 5.41) is 14.1. The minimum atomic E-state index is -0.979. The van der Waals surface area contributed by atoms with Gasteiger partial charge in [-0.25, -0.2) is 9.78 Å². The van der Waals surface area contributed by atoms with Crippen LogP contribution in [0, 0.1) is 0 Å². The zero-order valence-corrected chi connectivity index (χ0v) is 24.8. The minimum Gasteiger partial charge on any atom is -0.490 e. The van der Waals surface area contributed by atoms with Crippen LogP contribution in [0.4, 0.5) is 0 Å². The van der Waals surface area contributed by atoms with Crippen molar-refractivity contribution in [3.63, 3.8) is 0 Å². The Morgan fingerprint density at radius 3 is 2.46 bits per heavy atom. The van der Waals surface area contributed by atoms with Gasteiger partial charge < -0.3 is 14.6 Å². The van der Waals surface area contributed by atoms with Crippen LogP contribution in [0.2, 0.25) is 0 Å². The number of benzene rings is 3. The van der Waals surface area contributed by atoms with Crippen LogP contribution in [0.5, 0.6) is 11.5 Å². The normalized spacial score (nSPS) is 12.1. The van der Waals surface area contributed by atoms with Gasteiger partial charge in [-0.3, -0.25) is 4.79 Å². The van der Waals surface area contributed by atoms with Crippen LogP contribution in [0.1, 0.15) is 60.4 Å². The molecule has 4 aromatic rings. The molecule has 0 spiro atoms. The van der Waals surface area contributed by atoms with Gasteiger partial charge in [-0.1, -0.05) is 41.9 Å². The lowest BCUT2D eigenvalue weighted by atomic mass is 10.1. The van der Waals surface area contributed by atoms with Crippen LogP contribution < -0.4 is 15.0 Å². The van der Waals surface area contributed by atoms with Crippen molar-refractivity contribution < 1.29 is 19.4 Å². The average Bonchev–Trinajstić information content (AvgIpc) is 2.93. The maximum atomic E-state index is 13.4. The first kappa shape index (κ1) is 28.5. The van der Waals surface area contributed by atoms with Crippen molar-refractivity contribution in [2.45, 2.75) is 39.7 Å². The van der Waals surface area contributed by atoms with Crippen molar-refractivity contribution in [1.29, 1.82) is 0 Å². The summed E-state index contributed by atoms with van der Waals surface area (Å²) >= 11 is 7.02.